The minimum absolute atomic E-state index is 0.113. The molecule has 3 fully saturated rings. The van der Waals surface area contributed by atoms with Crippen LogP contribution in [0.4, 0.5) is 0 Å². The van der Waals surface area contributed by atoms with Crippen molar-refractivity contribution in [3.05, 3.63) is 0 Å². The maximum absolute atomic E-state index is 6.17. The van der Waals surface area contributed by atoms with Crippen molar-refractivity contribution in [1.29, 1.82) is 0 Å². The first-order valence-corrected chi connectivity index (χ1v) is 13.1. The minimum atomic E-state index is 0.113. The van der Waals surface area contributed by atoms with Crippen molar-refractivity contribution in [3.8, 4) is 0 Å². The highest BCUT2D eigenvalue weighted by atomic mass is 16.6. The summed E-state index contributed by atoms with van der Waals surface area (Å²) in [5.74, 6) is 1.08. The van der Waals surface area contributed by atoms with Crippen LogP contribution < -0.4 is 0 Å². The monoisotopic (exact) mass is 456 g/mol. The standard InChI is InChI=1S/C26H48O6/c1-5-22(10-8-9-11-27-15-25(6-2)16-29-17-25)12-28-13-23-14-31-24(23)21(4)32-20-26(7-3)18-30-19-26/h21-24H,5-20H2,1-4H3. The molecule has 3 saturated heterocycles. The Labute approximate surface area is 196 Å². The van der Waals surface area contributed by atoms with Crippen LogP contribution in [0.5, 0.6) is 0 Å². The van der Waals surface area contributed by atoms with Gasteiger partial charge in [0, 0.05) is 30.0 Å². The summed E-state index contributed by atoms with van der Waals surface area (Å²) in [6, 6.07) is 0. The molecule has 6 heteroatoms. The molecule has 0 bridgehead atoms. The lowest BCUT2D eigenvalue weighted by atomic mass is 9.84. The average Bonchev–Trinajstić information content (AvgIpc) is 2.72. The maximum atomic E-state index is 6.17. The third-order valence-corrected chi connectivity index (χ3v) is 8.04. The van der Waals surface area contributed by atoms with Crippen LogP contribution in [0, 0.1) is 22.7 Å². The highest BCUT2D eigenvalue weighted by molar-refractivity contribution is 4.87. The molecule has 0 aromatic heterocycles. The quantitative estimate of drug-likeness (QED) is 0.283. The molecule has 0 amide bonds. The van der Waals surface area contributed by atoms with Gasteiger partial charge in [-0.2, -0.15) is 0 Å². The molecule has 0 radical (unpaired) electrons. The highest BCUT2D eigenvalue weighted by Gasteiger charge is 2.41. The van der Waals surface area contributed by atoms with Gasteiger partial charge in [0.25, 0.3) is 0 Å². The Morgan fingerprint density at radius 2 is 1.59 bits per heavy atom. The van der Waals surface area contributed by atoms with Crippen molar-refractivity contribution >= 4 is 0 Å². The van der Waals surface area contributed by atoms with E-state index in [1.165, 1.54) is 19.3 Å². The van der Waals surface area contributed by atoms with E-state index in [-0.39, 0.29) is 17.6 Å². The number of hydrogen-bond donors (Lipinski definition) is 0. The molecule has 4 unspecified atom stereocenters. The van der Waals surface area contributed by atoms with Gasteiger partial charge in [-0.15, -0.1) is 0 Å². The second-order valence-corrected chi connectivity index (χ2v) is 10.6. The van der Waals surface area contributed by atoms with Gasteiger partial charge in [-0.05, 0) is 38.5 Å². The fraction of sp³-hybridized carbons (Fsp3) is 1.00. The summed E-state index contributed by atoms with van der Waals surface area (Å²) in [6.07, 6.45) is 7.26. The predicted molar refractivity (Wildman–Crippen MR) is 125 cm³/mol. The summed E-state index contributed by atoms with van der Waals surface area (Å²) in [5.41, 5.74) is 0.529. The van der Waals surface area contributed by atoms with Crippen LogP contribution in [0.1, 0.15) is 66.2 Å². The van der Waals surface area contributed by atoms with Crippen LogP contribution in [-0.4, -0.2) is 78.3 Å². The van der Waals surface area contributed by atoms with E-state index >= 15 is 0 Å². The van der Waals surface area contributed by atoms with Crippen molar-refractivity contribution in [2.75, 3.05) is 66.1 Å². The number of ether oxygens (including phenoxy) is 6. The van der Waals surface area contributed by atoms with E-state index in [0.29, 0.717) is 17.3 Å². The molecule has 0 N–H and O–H groups in total. The van der Waals surface area contributed by atoms with Gasteiger partial charge in [0.1, 0.15) is 0 Å². The molecular formula is C26H48O6. The Hall–Kier alpha value is -0.240. The summed E-state index contributed by atoms with van der Waals surface area (Å²) in [6.45, 7) is 17.1. The van der Waals surface area contributed by atoms with Crippen LogP contribution >= 0.6 is 0 Å². The van der Waals surface area contributed by atoms with E-state index in [0.717, 1.165) is 85.3 Å². The number of rotatable bonds is 18. The van der Waals surface area contributed by atoms with E-state index in [4.69, 9.17) is 28.4 Å². The fourth-order valence-corrected chi connectivity index (χ4v) is 4.69. The minimum Gasteiger partial charge on any atom is -0.381 e. The molecule has 3 aliphatic heterocycles. The Balaban J connectivity index is 1.21. The molecule has 3 rings (SSSR count). The lowest BCUT2D eigenvalue weighted by Crippen LogP contribution is -2.52. The Kier molecular flexibility index (Phi) is 10.7. The second kappa shape index (κ2) is 13.0. The molecule has 188 valence electrons. The second-order valence-electron chi connectivity index (χ2n) is 10.6. The SMILES string of the molecule is CCC(CCCCOCC1(CC)COC1)COCC1COC1C(C)OCC1(CC)COC1. The summed E-state index contributed by atoms with van der Waals surface area (Å²) in [7, 11) is 0. The van der Waals surface area contributed by atoms with Gasteiger partial charge in [0.2, 0.25) is 0 Å². The van der Waals surface area contributed by atoms with Crippen molar-refractivity contribution in [2.24, 2.45) is 22.7 Å². The molecule has 0 saturated carbocycles. The van der Waals surface area contributed by atoms with Gasteiger partial charge in [0.15, 0.2) is 0 Å². The summed E-state index contributed by atoms with van der Waals surface area (Å²) in [4.78, 5) is 0. The normalized spacial score (nSPS) is 27.8. The Bertz CT molecular complexity index is 507. The fourth-order valence-electron chi connectivity index (χ4n) is 4.69. The van der Waals surface area contributed by atoms with Gasteiger partial charge in [0.05, 0.1) is 65.1 Å². The topological polar surface area (TPSA) is 55.4 Å². The molecule has 0 aromatic rings. The van der Waals surface area contributed by atoms with Crippen molar-refractivity contribution in [3.63, 3.8) is 0 Å². The van der Waals surface area contributed by atoms with Crippen molar-refractivity contribution in [2.45, 2.75) is 78.4 Å². The lowest BCUT2D eigenvalue weighted by molar-refractivity contribution is -0.217. The van der Waals surface area contributed by atoms with E-state index in [1.807, 2.05) is 0 Å². The number of hydrogen-bond acceptors (Lipinski definition) is 6. The third kappa shape index (κ3) is 7.13. The average molecular weight is 457 g/mol. The summed E-state index contributed by atoms with van der Waals surface area (Å²) in [5, 5.41) is 0. The van der Waals surface area contributed by atoms with Crippen LogP contribution in [0.15, 0.2) is 0 Å². The first-order valence-electron chi connectivity index (χ1n) is 13.1. The lowest BCUT2D eigenvalue weighted by Gasteiger charge is -2.44. The maximum Gasteiger partial charge on any atom is 0.0906 e. The number of unbranched alkanes of at least 4 members (excludes halogenated alkanes) is 1. The smallest absolute Gasteiger partial charge is 0.0906 e. The van der Waals surface area contributed by atoms with Crippen LogP contribution in [0.25, 0.3) is 0 Å². The van der Waals surface area contributed by atoms with Crippen LogP contribution in [0.2, 0.25) is 0 Å². The van der Waals surface area contributed by atoms with E-state index < -0.39 is 0 Å². The highest BCUT2D eigenvalue weighted by Crippen LogP contribution is 2.34. The molecule has 0 aromatic carbocycles. The van der Waals surface area contributed by atoms with E-state index in [9.17, 15) is 0 Å². The van der Waals surface area contributed by atoms with Crippen molar-refractivity contribution in [1.82, 2.24) is 0 Å². The zero-order chi connectivity index (χ0) is 22.9. The molecule has 0 aliphatic carbocycles. The zero-order valence-corrected chi connectivity index (χ0v) is 21.1. The summed E-state index contributed by atoms with van der Waals surface area (Å²) >= 11 is 0. The van der Waals surface area contributed by atoms with E-state index in [2.05, 4.69) is 27.7 Å². The Morgan fingerprint density at radius 3 is 2.12 bits per heavy atom. The molecule has 4 atom stereocenters. The predicted octanol–water partition coefficient (Wildman–Crippen LogP) is 4.49. The van der Waals surface area contributed by atoms with Crippen molar-refractivity contribution < 1.29 is 28.4 Å². The van der Waals surface area contributed by atoms with Crippen LogP contribution in [0.3, 0.4) is 0 Å². The molecular weight excluding hydrogens is 408 g/mol. The van der Waals surface area contributed by atoms with Gasteiger partial charge < -0.3 is 28.4 Å². The molecule has 3 heterocycles. The van der Waals surface area contributed by atoms with Gasteiger partial charge >= 0.3 is 0 Å². The molecule has 32 heavy (non-hydrogen) atoms. The first-order chi connectivity index (χ1) is 15.6. The summed E-state index contributed by atoms with van der Waals surface area (Å²) < 4.78 is 34.8. The largest absolute Gasteiger partial charge is 0.381 e. The molecule has 6 nitrogen and oxygen atoms in total. The zero-order valence-electron chi connectivity index (χ0n) is 21.1. The van der Waals surface area contributed by atoms with E-state index in [1.54, 1.807) is 0 Å². The van der Waals surface area contributed by atoms with Gasteiger partial charge in [-0.1, -0.05) is 33.6 Å². The van der Waals surface area contributed by atoms with Crippen LogP contribution in [-0.2, 0) is 28.4 Å². The molecule has 3 aliphatic rings. The Morgan fingerprint density at radius 1 is 0.906 bits per heavy atom. The van der Waals surface area contributed by atoms with Gasteiger partial charge in [-0.3, -0.25) is 0 Å². The first kappa shape index (κ1) is 26.4. The third-order valence-electron chi connectivity index (χ3n) is 8.04. The van der Waals surface area contributed by atoms with Gasteiger partial charge in [-0.25, -0.2) is 0 Å². The molecule has 0 spiro atoms.